The molecule has 0 bridgehead atoms. The Morgan fingerprint density at radius 2 is 1.67 bits per heavy atom. The van der Waals surface area contributed by atoms with Gasteiger partial charge in [-0.1, -0.05) is 45.0 Å². The van der Waals surface area contributed by atoms with Gasteiger partial charge in [-0.05, 0) is 73.6 Å². The van der Waals surface area contributed by atoms with Gasteiger partial charge >= 0.3 is 0 Å². The first-order valence-electron chi connectivity index (χ1n) is 10.5. The van der Waals surface area contributed by atoms with Crippen molar-refractivity contribution in [1.82, 2.24) is 15.3 Å². The number of carbonyl (C=O) groups is 1. The van der Waals surface area contributed by atoms with Crippen molar-refractivity contribution in [3.8, 4) is 22.3 Å². The van der Waals surface area contributed by atoms with Gasteiger partial charge in [0, 0.05) is 22.9 Å². The molecule has 0 unspecified atom stereocenters. The summed E-state index contributed by atoms with van der Waals surface area (Å²) >= 11 is 0. The van der Waals surface area contributed by atoms with E-state index in [0.717, 1.165) is 34.4 Å². The number of benzene rings is 2. The van der Waals surface area contributed by atoms with Crippen LogP contribution in [0.4, 0.5) is 0 Å². The van der Waals surface area contributed by atoms with E-state index in [0.29, 0.717) is 5.56 Å². The molecule has 0 aliphatic carbocycles. The highest BCUT2D eigenvalue weighted by atomic mass is 16.1. The second-order valence-corrected chi connectivity index (χ2v) is 9.03. The van der Waals surface area contributed by atoms with Crippen molar-refractivity contribution in [2.75, 3.05) is 0 Å². The summed E-state index contributed by atoms with van der Waals surface area (Å²) in [6.07, 6.45) is 4.42. The van der Waals surface area contributed by atoms with Crippen molar-refractivity contribution in [3.63, 3.8) is 0 Å². The van der Waals surface area contributed by atoms with Crippen LogP contribution in [-0.4, -0.2) is 21.4 Å². The van der Waals surface area contributed by atoms with Crippen LogP contribution in [0.25, 0.3) is 22.3 Å². The second kappa shape index (κ2) is 8.78. The molecule has 156 valence electrons. The van der Waals surface area contributed by atoms with Crippen LogP contribution in [0.1, 0.15) is 69.1 Å². The number of hydrogen-bond acceptors (Lipinski definition) is 3. The summed E-state index contributed by atoms with van der Waals surface area (Å²) in [7, 11) is 0. The maximum Gasteiger partial charge on any atom is 0.251 e. The summed E-state index contributed by atoms with van der Waals surface area (Å²) in [5.41, 5.74) is 6.60. The molecule has 0 atom stereocenters. The fraction of sp³-hybridized carbons (Fsp3) is 0.346. The van der Waals surface area contributed by atoms with Gasteiger partial charge in [0.05, 0.1) is 5.69 Å². The molecule has 1 aromatic heterocycles. The van der Waals surface area contributed by atoms with Crippen LogP contribution in [0.5, 0.6) is 0 Å². The maximum atomic E-state index is 13.0. The molecular weight excluding hydrogens is 370 g/mol. The molecule has 4 heteroatoms. The monoisotopic (exact) mass is 401 g/mol. The number of carbonyl (C=O) groups excluding carboxylic acids is 1. The molecule has 0 spiro atoms. The third-order valence-electron chi connectivity index (χ3n) is 4.98. The Kier molecular flexibility index (Phi) is 6.35. The van der Waals surface area contributed by atoms with Crippen molar-refractivity contribution < 1.29 is 4.79 Å². The van der Waals surface area contributed by atoms with Crippen molar-refractivity contribution in [1.29, 1.82) is 0 Å². The molecule has 0 saturated carbocycles. The summed E-state index contributed by atoms with van der Waals surface area (Å²) in [5.74, 6) is 0.168. The highest BCUT2D eigenvalue weighted by Crippen LogP contribution is 2.32. The first-order valence-corrected chi connectivity index (χ1v) is 10.5. The van der Waals surface area contributed by atoms with Gasteiger partial charge in [0.1, 0.15) is 6.33 Å². The van der Waals surface area contributed by atoms with Gasteiger partial charge in [-0.15, -0.1) is 0 Å². The maximum absolute atomic E-state index is 13.0. The molecule has 4 nitrogen and oxygen atoms in total. The van der Waals surface area contributed by atoms with E-state index >= 15 is 0 Å². The van der Waals surface area contributed by atoms with Crippen LogP contribution in [0.2, 0.25) is 0 Å². The average molecular weight is 402 g/mol. The lowest BCUT2D eigenvalue weighted by molar-refractivity contribution is 0.0919. The molecule has 0 fully saturated rings. The highest BCUT2D eigenvalue weighted by molar-refractivity contribution is 5.97. The summed E-state index contributed by atoms with van der Waals surface area (Å²) in [4.78, 5) is 21.8. The molecule has 0 aliphatic rings. The Morgan fingerprint density at radius 3 is 2.27 bits per heavy atom. The van der Waals surface area contributed by atoms with Crippen LogP contribution in [0.15, 0.2) is 55.0 Å². The van der Waals surface area contributed by atoms with Crippen LogP contribution in [-0.2, 0) is 6.42 Å². The molecular formula is C26H31N3O. The fourth-order valence-corrected chi connectivity index (χ4v) is 3.45. The highest BCUT2D eigenvalue weighted by Gasteiger charge is 2.18. The Labute approximate surface area is 179 Å². The number of aryl methyl sites for hydroxylation is 1. The van der Waals surface area contributed by atoms with E-state index in [2.05, 4.69) is 66.4 Å². The van der Waals surface area contributed by atoms with Gasteiger partial charge in [0.25, 0.3) is 5.91 Å². The van der Waals surface area contributed by atoms with E-state index in [9.17, 15) is 4.79 Å². The summed E-state index contributed by atoms with van der Waals surface area (Å²) in [5, 5.41) is 3.08. The number of nitrogens with zero attached hydrogens (tertiary/aromatic N) is 2. The van der Waals surface area contributed by atoms with Crippen molar-refractivity contribution in [2.45, 2.75) is 59.4 Å². The third-order valence-corrected chi connectivity index (χ3v) is 4.98. The van der Waals surface area contributed by atoms with Crippen molar-refractivity contribution in [2.24, 2.45) is 0 Å². The predicted molar refractivity (Wildman–Crippen MR) is 124 cm³/mol. The molecule has 0 saturated heterocycles. The fourth-order valence-electron chi connectivity index (χ4n) is 3.45. The van der Waals surface area contributed by atoms with Gasteiger partial charge in [-0.2, -0.15) is 0 Å². The van der Waals surface area contributed by atoms with Crippen LogP contribution in [0.3, 0.4) is 0 Å². The average Bonchev–Trinajstić information content (AvgIpc) is 2.72. The smallest absolute Gasteiger partial charge is 0.251 e. The number of aromatic nitrogens is 2. The van der Waals surface area contributed by atoms with Crippen molar-refractivity contribution in [3.05, 3.63) is 71.8 Å². The topological polar surface area (TPSA) is 54.9 Å². The predicted octanol–water partition coefficient (Wildman–Crippen LogP) is 6.02. The SMILES string of the molecule is CCc1ccc(-c2cc(C(=O)NC(C)(C)C)cc(-c3cncnc3C(C)C)c2)cc1. The molecule has 2 aromatic carbocycles. The molecule has 3 rings (SSSR count). The van der Waals surface area contributed by atoms with Gasteiger partial charge in [-0.3, -0.25) is 4.79 Å². The minimum atomic E-state index is -0.311. The van der Waals surface area contributed by atoms with E-state index in [1.54, 1.807) is 6.33 Å². The molecule has 1 N–H and O–H groups in total. The van der Waals surface area contributed by atoms with Gasteiger partial charge in [0.15, 0.2) is 0 Å². The number of rotatable bonds is 5. The number of amides is 1. The van der Waals surface area contributed by atoms with E-state index in [4.69, 9.17) is 0 Å². The third kappa shape index (κ3) is 5.12. The van der Waals surface area contributed by atoms with Crippen LogP contribution < -0.4 is 5.32 Å². The first-order chi connectivity index (χ1) is 14.2. The molecule has 0 radical (unpaired) electrons. The molecule has 0 aliphatic heterocycles. The summed E-state index contributed by atoms with van der Waals surface area (Å²) < 4.78 is 0. The summed E-state index contributed by atoms with van der Waals surface area (Å²) in [6.45, 7) is 12.3. The Hall–Kier alpha value is -3.01. The van der Waals surface area contributed by atoms with Gasteiger partial charge < -0.3 is 5.32 Å². The van der Waals surface area contributed by atoms with Gasteiger partial charge in [-0.25, -0.2) is 9.97 Å². The quantitative estimate of drug-likeness (QED) is 0.568. The van der Waals surface area contributed by atoms with E-state index in [1.807, 2.05) is 39.1 Å². The van der Waals surface area contributed by atoms with Crippen LogP contribution in [0, 0.1) is 0 Å². The largest absolute Gasteiger partial charge is 0.347 e. The molecule has 1 amide bonds. The molecule has 30 heavy (non-hydrogen) atoms. The minimum Gasteiger partial charge on any atom is -0.347 e. The van der Waals surface area contributed by atoms with E-state index in [1.165, 1.54) is 5.56 Å². The Morgan fingerprint density at radius 1 is 1.00 bits per heavy atom. The number of hydrogen-bond donors (Lipinski definition) is 1. The zero-order valence-corrected chi connectivity index (χ0v) is 18.8. The standard InChI is InChI=1S/C26H31N3O/c1-7-18-8-10-19(11-9-18)20-12-21(23-15-27-16-28-24(23)17(2)3)14-22(13-20)25(30)29-26(4,5)6/h8-17H,7H2,1-6H3,(H,29,30). The zero-order chi connectivity index (χ0) is 21.9. The van der Waals surface area contributed by atoms with E-state index in [-0.39, 0.29) is 17.4 Å². The van der Waals surface area contributed by atoms with Crippen LogP contribution >= 0.6 is 0 Å². The lowest BCUT2D eigenvalue weighted by atomic mass is 9.93. The molecule has 1 heterocycles. The lowest BCUT2D eigenvalue weighted by Crippen LogP contribution is -2.40. The Bertz CT molecular complexity index is 1030. The molecule has 3 aromatic rings. The Balaban J connectivity index is 2.17. The zero-order valence-electron chi connectivity index (χ0n) is 18.8. The lowest BCUT2D eigenvalue weighted by Gasteiger charge is -2.21. The van der Waals surface area contributed by atoms with E-state index < -0.39 is 0 Å². The van der Waals surface area contributed by atoms with Gasteiger partial charge in [0.2, 0.25) is 0 Å². The normalized spacial score (nSPS) is 11.6. The number of nitrogens with one attached hydrogen (secondary N) is 1. The summed E-state index contributed by atoms with van der Waals surface area (Å²) in [6, 6.07) is 14.5. The first kappa shape index (κ1) is 21.7. The second-order valence-electron chi connectivity index (χ2n) is 9.03. The van der Waals surface area contributed by atoms with Crippen molar-refractivity contribution >= 4 is 5.91 Å². The minimum absolute atomic E-state index is 0.0845.